The van der Waals surface area contributed by atoms with Crippen molar-refractivity contribution in [2.45, 2.75) is 25.4 Å². The molecule has 1 fully saturated rings. The van der Waals surface area contributed by atoms with E-state index < -0.39 is 0 Å². The summed E-state index contributed by atoms with van der Waals surface area (Å²) >= 11 is 0. The molecule has 1 nitrogen and oxygen atoms in total. The normalized spacial score (nSPS) is 23.1. The fraction of sp³-hybridized carbons (Fsp3) is 0.294. The smallest absolute Gasteiger partial charge is 0.123 e. The average molecular weight is 255 g/mol. The molecule has 0 amide bonds. The van der Waals surface area contributed by atoms with Gasteiger partial charge in [-0.1, -0.05) is 49.4 Å². The topological polar surface area (TPSA) is 12.0 Å². The molecule has 2 aromatic rings. The summed E-state index contributed by atoms with van der Waals surface area (Å²) < 4.78 is 13.1. The van der Waals surface area contributed by atoms with Crippen LogP contribution in [-0.4, -0.2) is 6.04 Å². The Bertz CT molecular complexity index is 535. The molecule has 1 N–H and O–H groups in total. The van der Waals surface area contributed by atoms with Crippen LogP contribution >= 0.6 is 0 Å². The van der Waals surface area contributed by atoms with Crippen LogP contribution in [0.15, 0.2) is 54.6 Å². The molecule has 2 aromatic carbocycles. The van der Waals surface area contributed by atoms with Crippen molar-refractivity contribution in [1.82, 2.24) is 5.32 Å². The van der Waals surface area contributed by atoms with Gasteiger partial charge in [-0.05, 0) is 35.6 Å². The molecule has 1 aliphatic carbocycles. The molecule has 2 heteroatoms. The van der Waals surface area contributed by atoms with Gasteiger partial charge in [0.1, 0.15) is 5.82 Å². The van der Waals surface area contributed by atoms with Gasteiger partial charge in [-0.2, -0.15) is 0 Å². The van der Waals surface area contributed by atoms with Crippen LogP contribution in [0.4, 0.5) is 4.39 Å². The number of hydrogen-bond acceptors (Lipinski definition) is 1. The summed E-state index contributed by atoms with van der Waals surface area (Å²) in [5.74, 6) is 0.557. The van der Waals surface area contributed by atoms with Crippen LogP contribution in [0.2, 0.25) is 0 Å². The van der Waals surface area contributed by atoms with E-state index in [1.54, 1.807) is 0 Å². The lowest BCUT2D eigenvalue weighted by Gasteiger charge is -2.20. The molecular weight excluding hydrogens is 237 g/mol. The first-order valence-electron chi connectivity index (χ1n) is 6.80. The Morgan fingerprint density at radius 1 is 1.00 bits per heavy atom. The summed E-state index contributed by atoms with van der Waals surface area (Å²) in [6.07, 6.45) is 1.23. The van der Waals surface area contributed by atoms with E-state index in [-0.39, 0.29) is 11.9 Å². The van der Waals surface area contributed by atoms with Gasteiger partial charge in [0.15, 0.2) is 0 Å². The van der Waals surface area contributed by atoms with Gasteiger partial charge in [0.25, 0.3) is 0 Å². The second-order valence-electron chi connectivity index (χ2n) is 5.38. The van der Waals surface area contributed by atoms with Crippen LogP contribution in [0.5, 0.6) is 0 Å². The lowest BCUT2D eigenvalue weighted by Crippen LogP contribution is -2.25. The summed E-state index contributed by atoms with van der Waals surface area (Å²) in [6.45, 7) is 2.25. The molecule has 98 valence electrons. The van der Waals surface area contributed by atoms with E-state index in [1.165, 1.54) is 24.1 Å². The van der Waals surface area contributed by atoms with Crippen LogP contribution in [0.3, 0.4) is 0 Å². The first-order chi connectivity index (χ1) is 9.24. The van der Waals surface area contributed by atoms with Gasteiger partial charge in [-0.25, -0.2) is 4.39 Å². The van der Waals surface area contributed by atoms with Crippen LogP contribution in [0, 0.1) is 11.7 Å². The highest BCUT2D eigenvalue weighted by molar-refractivity contribution is 5.32. The molecule has 3 unspecified atom stereocenters. The highest BCUT2D eigenvalue weighted by Crippen LogP contribution is 2.33. The van der Waals surface area contributed by atoms with Crippen LogP contribution in [-0.2, 0) is 0 Å². The fourth-order valence-electron chi connectivity index (χ4n) is 2.45. The summed E-state index contributed by atoms with van der Waals surface area (Å²) in [7, 11) is 0. The lowest BCUT2D eigenvalue weighted by atomic mass is 9.98. The Morgan fingerprint density at radius 2 is 1.58 bits per heavy atom. The summed E-state index contributed by atoms with van der Waals surface area (Å²) in [5.41, 5.74) is 2.35. The van der Waals surface area contributed by atoms with Gasteiger partial charge in [0.2, 0.25) is 0 Å². The van der Waals surface area contributed by atoms with Crippen molar-refractivity contribution in [1.29, 1.82) is 0 Å². The molecule has 1 saturated carbocycles. The summed E-state index contributed by atoms with van der Waals surface area (Å²) in [5, 5.41) is 3.67. The van der Waals surface area contributed by atoms with Crippen molar-refractivity contribution in [3.8, 4) is 0 Å². The summed E-state index contributed by atoms with van der Waals surface area (Å²) in [6, 6.07) is 17.9. The van der Waals surface area contributed by atoms with Crippen molar-refractivity contribution < 1.29 is 4.39 Å². The highest BCUT2D eigenvalue weighted by atomic mass is 19.1. The van der Waals surface area contributed by atoms with Gasteiger partial charge < -0.3 is 5.32 Å². The molecule has 0 saturated heterocycles. The number of rotatable bonds is 4. The molecule has 0 spiro atoms. The summed E-state index contributed by atoms with van der Waals surface area (Å²) in [4.78, 5) is 0. The van der Waals surface area contributed by atoms with Gasteiger partial charge in [-0.3, -0.25) is 0 Å². The van der Waals surface area contributed by atoms with Crippen molar-refractivity contribution in [3.05, 3.63) is 71.5 Å². The predicted octanol–water partition coefficient (Wildman–Crippen LogP) is 3.91. The van der Waals surface area contributed by atoms with Crippen molar-refractivity contribution >= 4 is 0 Å². The van der Waals surface area contributed by atoms with Crippen LogP contribution < -0.4 is 5.32 Å². The van der Waals surface area contributed by atoms with Crippen molar-refractivity contribution in [3.63, 3.8) is 0 Å². The third-order valence-corrected chi connectivity index (χ3v) is 3.83. The Balaban J connectivity index is 1.89. The van der Waals surface area contributed by atoms with E-state index >= 15 is 0 Å². The minimum atomic E-state index is -0.185. The zero-order valence-electron chi connectivity index (χ0n) is 11.0. The van der Waals surface area contributed by atoms with E-state index in [0.29, 0.717) is 6.04 Å². The molecule has 3 rings (SSSR count). The van der Waals surface area contributed by atoms with Crippen molar-refractivity contribution in [2.24, 2.45) is 5.92 Å². The third-order valence-electron chi connectivity index (χ3n) is 3.83. The maximum Gasteiger partial charge on any atom is 0.123 e. The maximum atomic E-state index is 13.1. The molecule has 0 radical (unpaired) electrons. The Hall–Kier alpha value is -1.67. The number of nitrogens with one attached hydrogen (secondary N) is 1. The number of halogens is 1. The Labute approximate surface area is 113 Å². The average Bonchev–Trinajstić information content (AvgIpc) is 3.14. The largest absolute Gasteiger partial charge is 0.303 e. The molecule has 3 atom stereocenters. The SMILES string of the molecule is CC1CC1NC(c1ccccc1)c1ccc(F)cc1. The van der Waals surface area contributed by atoms with Gasteiger partial charge >= 0.3 is 0 Å². The first-order valence-corrected chi connectivity index (χ1v) is 6.80. The minimum absolute atomic E-state index is 0.150. The second kappa shape index (κ2) is 5.14. The zero-order valence-corrected chi connectivity index (χ0v) is 11.0. The van der Waals surface area contributed by atoms with E-state index in [9.17, 15) is 4.39 Å². The molecule has 0 aliphatic heterocycles. The standard InChI is InChI=1S/C17H18FN/c1-12-11-16(12)19-17(13-5-3-2-4-6-13)14-7-9-15(18)10-8-14/h2-10,12,16-17,19H,11H2,1H3. The Morgan fingerprint density at radius 3 is 2.16 bits per heavy atom. The quantitative estimate of drug-likeness (QED) is 0.873. The second-order valence-corrected chi connectivity index (χ2v) is 5.38. The van der Waals surface area contributed by atoms with E-state index in [2.05, 4.69) is 24.4 Å². The van der Waals surface area contributed by atoms with Gasteiger partial charge in [0, 0.05) is 6.04 Å². The molecule has 0 aromatic heterocycles. The number of benzene rings is 2. The molecular formula is C17H18FN. The fourth-order valence-corrected chi connectivity index (χ4v) is 2.45. The van der Waals surface area contributed by atoms with Crippen LogP contribution in [0.25, 0.3) is 0 Å². The van der Waals surface area contributed by atoms with E-state index in [1.807, 2.05) is 30.3 Å². The van der Waals surface area contributed by atoms with Crippen LogP contribution in [0.1, 0.15) is 30.5 Å². The lowest BCUT2D eigenvalue weighted by molar-refractivity contribution is 0.575. The molecule has 0 heterocycles. The zero-order chi connectivity index (χ0) is 13.2. The molecule has 1 aliphatic rings. The third kappa shape index (κ3) is 2.85. The highest BCUT2D eigenvalue weighted by Gasteiger charge is 2.34. The predicted molar refractivity (Wildman–Crippen MR) is 75.4 cm³/mol. The first kappa shape index (κ1) is 12.4. The van der Waals surface area contributed by atoms with Crippen molar-refractivity contribution in [2.75, 3.05) is 0 Å². The monoisotopic (exact) mass is 255 g/mol. The Kier molecular flexibility index (Phi) is 3.34. The van der Waals surface area contributed by atoms with E-state index in [4.69, 9.17) is 0 Å². The van der Waals surface area contributed by atoms with Gasteiger partial charge in [0.05, 0.1) is 6.04 Å². The maximum absolute atomic E-state index is 13.1. The van der Waals surface area contributed by atoms with E-state index in [0.717, 1.165) is 11.5 Å². The molecule has 0 bridgehead atoms. The number of hydrogen-bond donors (Lipinski definition) is 1. The minimum Gasteiger partial charge on any atom is -0.303 e. The van der Waals surface area contributed by atoms with Gasteiger partial charge in [-0.15, -0.1) is 0 Å². The molecule has 19 heavy (non-hydrogen) atoms.